The second-order valence-corrected chi connectivity index (χ2v) is 7.86. The Kier molecular flexibility index (Phi) is 7.99. The van der Waals surface area contributed by atoms with E-state index in [4.69, 9.17) is 5.14 Å². The Balaban J connectivity index is 0.00000300. The summed E-state index contributed by atoms with van der Waals surface area (Å²) in [6, 6.07) is 11.0. The lowest BCUT2D eigenvalue weighted by Crippen LogP contribution is -2.37. The smallest absolute Gasteiger partial charge is 0.238 e. The molecule has 1 aromatic heterocycles. The summed E-state index contributed by atoms with van der Waals surface area (Å²) in [5, 5.41) is 12.3. The highest BCUT2D eigenvalue weighted by molar-refractivity contribution is 14.0. The molecule has 0 fully saturated rings. The number of sulfonamides is 1. The number of nitrogens with two attached hydrogens (primary N) is 1. The van der Waals surface area contributed by atoms with Crippen LogP contribution in [-0.2, 0) is 23.0 Å². The Hall–Kier alpha value is -2.18. The van der Waals surface area contributed by atoms with Crippen molar-refractivity contribution < 1.29 is 12.8 Å². The molecule has 0 spiro atoms. The molecule has 0 amide bonds. The van der Waals surface area contributed by atoms with Gasteiger partial charge in [0.15, 0.2) is 5.96 Å². The molecule has 0 aliphatic rings. The van der Waals surface area contributed by atoms with E-state index in [0.717, 1.165) is 22.0 Å². The van der Waals surface area contributed by atoms with Crippen LogP contribution in [0.4, 0.5) is 4.39 Å². The van der Waals surface area contributed by atoms with Gasteiger partial charge in [-0.1, -0.05) is 12.1 Å². The van der Waals surface area contributed by atoms with Gasteiger partial charge in [0.25, 0.3) is 0 Å². The number of hydrogen-bond donors (Lipinski definition) is 4. The number of aromatic amines is 1. The maximum absolute atomic E-state index is 13.5. The van der Waals surface area contributed by atoms with Crippen LogP contribution in [0.2, 0.25) is 0 Å². The molecular formula is C19H23FIN5O2S. The van der Waals surface area contributed by atoms with Crippen molar-refractivity contribution in [2.45, 2.75) is 17.9 Å². The van der Waals surface area contributed by atoms with Crippen LogP contribution in [0.25, 0.3) is 10.9 Å². The molecule has 5 N–H and O–H groups in total. The highest BCUT2D eigenvalue weighted by Gasteiger charge is 2.08. The van der Waals surface area contributed by atoms with Crippen molar-refractivity contribution in [1.29, 1.82) is 0 Å². The minimum atomic E-state index is -3.69. The highest BCUT2D eigenvalue weighted by atomic mass is 127. The van der Waals surface area contributed by atoms with E-state index in [-0.39, 0.29) is 34.7 Å². The number of H-pyrrole nitrogens is 1. The predicted octanol–water partition coefficient (Wildman–Crippen LogP) is 2.48. The molecular weight excluding hydrogens is 508 g/mol. The summed E-state index contributed by atoms with van der Waals surface area (Å²) in [4.78, 5) is 7.38. The van der Waals surface area contributed by atoms with E-state index in [1.165, 1.54) is 24.3 Å². The van der Waals surface area contributed by atoms with Gasteiger partial charge >= 0.3 is 0 Å². The lowest BCUT2D eigenvalue weighted by Gasteiger charge is -2.12. The van der Waals surface area contributed by atoms with E-state index in [2.05, 4.69) is 20.6 Å². The summed E-state index contributed by atoms with van der Waals surface area (Å²) in [5.41, 5.74) is 2.82. The molecule has 29 heavy (non-hydrogen) atoms. The number of hydrogen-bond acceptors (Lipinski definition) is 3. The van der Waals surface area contributed by atoms with Crippen molar-refractivity contribution in [3.05, 3.63) is 65.6 Å². The van der Waals surface area contributed by atoms with Crippen LogP contribution in [0.5, 0.6) is 0 Å². The van der Waals surface area contributed by atoms with Gasteiger partial charge in [-0.05, 0) is 47.9 Å². The third-order valence-corrected chi connectivity index (χ3v) is 5.28. The first kappa shape index (κ1) is 23.1. The number of primary sulfonamides is 1. The fraction of sp³-hybridized carbons (Fsp3) is 0.211. The molecule has 1 heterocycles. The molecule has 156 valence electrons. The molecule has 7 nitrogen and oxygen atoms in total. The van der Waals surface area contributed by atoms with Crippen LogP contribution in [0, 0.1) is 5.82 Å². The van der Waals surface area contributed by atoms with Gasteiger partial charge in [0, 0.05) is 37.2 Å². The SMILES string of the molecule is CN=C(NCCc1c[nH]c2ccc(F)cc12)NCc1ccc(S(N)(=O)=O)cc1.I. The normalized spacial score (nSPS) is 11.9. The first-order chi connectivity index (χ1) is 13.4. The number of rotatable bonds is 6. The lowest BCUT2D eigenvalue weighted by atomic mass is 10.1. The molecule has 0 bridgehead atoms. The maximum atomic E-state index is 13.5. The molecule has 10 heteroatoms. The Morgan fingerprint density at radius 3 is 2.55 bits per heavy atom. The fourth-order valence-corrected chi connectivity index (χ4v) is 3.39. The van der Waals surface area contributed by atoms with Crippen molar-refractivity contribution in [2.24, 2.45) is 10.1 Å². The summed E-state index contributed by atoms with van der Waals surface area (Å²) in [6.45, 7) is 1.09. The molecule has 0 saturated carbocycles. The largest absolute Gasteiger partial charge is 0.361 e. The van der Waals surface area contributed by atoms with Crippen molar-refractivity contribution in [3.8, 4) is 0 Å². The Morgan fingerprint density at radius 2 is 1.90 bits per heavy atom. The zero-order valence-corrected chi connectivity index (χ0v) is 18.9. The third-order valence-electron chi connectivity index (χ3n) is 4.35. The lowest BCUT2D eigenvalue weighted by molar-refractivity contribution is 0.597. The minimum absolute atomic E-state index is 0. The molecule has 0 saturated heterocycles. The molecule has 2 aromatic carbocycles. The number of guanidine groups is 1. The number of aromatic nitrogens is 1. The second-order valence-electron chi connectivity index (χ2n) is 6.30. The Morgan fingerprint density at radius 1 is 1.17 bits per heavy atom. The first-order valence-electron chi connectivity index (χ1n) is 8.68. The van der Waals surface area contributed by atoms with E-state index in [9.17, 15) is 12.8 Å². The van der Waals surface area contributed by atoms with Crippen LogP contribution in [-0.4, -0.2) is 33.0 Å². The predicted molar refractivity (Wildman–Crippen MR) is 123 cm³/mol. The summed E-state index contributed by atoms with van der Waals surface area (Å²) in [7, 11) is -2.02. The van der Waals surface area contributed by atoms with Crippen molar-refractivity contribution in [1.82, 2.24) is 15.6 Å². The van der Waals surface area contributed by atoms with Crippen LogP contribution in [0.1, 0.15) is 11.1 Å². The third kappa shape index (κ3) is 6.15. The van der Waals surface area contributed by atoms with Gasteiger partial charge in [0.05, 0.1) is 4.90 Å². The number of halogens is 2. The quantitative estimate of drug-likeness (QED) is 0.223. The number of benzene rings is 2. The average Bonchev–Trinajstić information content (AvgIpc) is 3.06. The standard InChI is InChI=1S/C19H22FN5O2S.HI/c1-22-19(25-11-13-2-5-16(6-3-13)28(21,26)27)23-9-8-14-12-24-18-7-4-15(20)10-17(14)18;/h2-7,10,12,24H,8-9,11H2,1H3,(H2,21,26,27)(H2,22,23,25);1H. The molecule has 0 unspecified atom stereocenters. The van der Waals surface area contributed by atoms with Gasteiger partial charge < -0.3 is 15.6 Å². The van der Waals surface area contributed by atoms with Crippen LogP contribution in [0.3, 0.4) is 0 Å². The topological polar surface area (TPSA) is 112 Å². The zero-order chi connectivity index (χ0) is 20.1. The highest BCUT2D eigenvalue weighted by Crippen LogP contribution is 2.19. The average molecular weight is 531 g/mol. The number of nitrogens with one attached hydrogen (secondary N) is 3. The van der Waals surface area contributed by atoms with Gasteiger partial charge in [-0.2, -0.15) is 0 Å². The summed E-state index contributed by atoms with van der Waals surface area (Å²) in [5.74, 6) is 0.355. The van der Waals surface area contributed by atoms with Crippen LogP contribution in [0.15, 0.2) is 58.5 Å². The molecule has 0 aliphatic carbocycles. The first-order valence-corrected chi connectivity index (χ1v) is 10.2. The monoisotopic (exact) mass is 531 g/mol. The summed E-state index contributed by atoms with van der Waals surface area (Å²) in [6.07, 6.45) is 2.59. The van der Waals surface area contributed by atoms with Crippen molar-refractivity contribution >= 4 is 50.9 Å². The molecule has 0 atom stereocenters. The molecule has 3 aromatic rings. The molecule has 3 rings (SSSR count). The van der Waals surface area contributed by atoms with Crippen LogP contribution < -0.4 is 15.8 Å². The van der Waals surface area contributed by atoms with E-state index in [0.29, 0.717) is 25.5 Å². The number of fused-ring (bicyclic) bond motifs is 1. The van der Waals surface area contributed by atoms with Gasteiger partial charge in [0.2, 0.25) is 10.0 Å². The van der Waals surface area contributed by atoms with E-state index in [1.807, 2.05) is 6.20 Å². The van der Waals surface area contributed by atoms with Crippen molar-refractivity contribution in [3.63, 3.8) is 0 Å². The van der Waals surface area contributed by atoms with Gasteiger partial charge in [0.1, 0.15) is 5.82 Å². The fourth-order valence-electron chi connectivity index (χ4n) is 2.88. The zero-order valence-electron chi connectivity index (χ0n) is 15.8. The van der Waals surface area contributed by atoms with Crippen LogP contribution >= 0.6 is 24.0 Å². The molecule has 0 radical (unpaired) electrons. The minimum Gasteiger partial charge on any atom is -0.361 e. The van der Waals surface area contributed by atoms with E-state index in [1.54, 1.807) is 25.2 Å². The van der Waals surface area contributed by atoms with Gasteiger partial charge in [-0.15, -0.1) is 24.0 Å². The Labute approximate surface area is 186 Å². The summed E-state index contributed by atoms with van der Waals surface area (Å²) >= 11 is 0. The van der Waals surface area contributed by atoms with E-state index < -0.39 is 10.0 Å². The van der Waals surface area contributed by atoms with E-state index >= 15 is 0 Å². The van der Waals surface area contributed by atoms with Gasteiger partial charge in [-0.25, -0.2) is 17.9 Å². The van der Waals surface area contributed by atoms with Gasteiger partial charge in [-0.3, -0.25) is 4.99 Å². The number of aliphatic imine (C=N–C) groups is 1. The summed E-state index contributed by atoms with van der Waals surface area (Å²) < 4.78 is 36.0. The maximum Gasteiger partial charge on any atom is 0.238 e. The van der Waals surface area contributed by atoms with Crippen molar-refractivity contribution in [2.75, 3.05) is 13.6 Å². The second kappa shape index (κ2) is 10.0. The number of nitrogens with zero attached hydrogens (tertiary/aromatic N) is 1. The Bertz CT molecular complexity index is 1100. The molecule has 0 aliphatic heterocycles.